The SMILES string of the molecule is CCS(=O)(=O)c1ccc(Cl)cc1CNC(=O)c1cc(C#N)c(CN2CCCC(C=NC)C2)c(C(F)(F)F)c1. The van der Waals surface area contributed by atoms with Gasteiger partial charge in [-0.1, -0.05) is 18.5 Å². The fraction of sp³-hybridized carbons (Fsp3) is 0.423. The summed E-state index contributed by atoms with van der Waals surface area (Å²) >= 11 is 6.00. The molecule has 3 rings (SSSR count). The van der Waals surface area contributed by atoms with Crippen LogP contribution in [-0.4, -0.2) is 51.3 Å². The molecule has 0 bridgehead atoms. The standard InChI is InChI=1S/C26H28ClF3N4O3S/c1-3-38(36,37)24-7-6-21(27)10-20(24)14-33-25(35)18-9-19(12-31)22(23(11-18)26(28,29)30)16-34-8-4-5-17(15-34)13-32-2/h6-7,9-11,13,17H,3-5,8,14-16H2,1-2H3,(H,33,35). The van der Waals surface area contributed by atoms with E-state index in [1.165, 1.54) is 25.1 Å². The molecule has 1 fully saturated rings. The second-order valence-electron chi connectivity index (χ2n) is 9.04. The molecule has 1 saturated heterocycles. The maximum atomic E-state index is 14.1. The first-order valence-electron chi connectivity index (χ1n) is 12.0. The van der Waals surface area contributed by atoms with Gasteiger partial charge in [-0.2, -0.15) is 18.4 Å². The van der Waals surface area contributed by atoms with Crippen LogP contribution < -0.4 is 5.32 Å². The summed E-state index contributed by atoms with van der Waals surface area (Å²) in [5, 5.41) is 12.4. The minimum Gasteiger partial charge on any atom is -0.348 e. The first-order valence-corrected chi connectivity index (χ1v) is 14.0. The number of benzene rings is 2. The maximum Gasteiger partial charge on any atom is 0.416 e. The second kappa shape index (κ2) is 12.3. The number of alkyl halides is 3. The molecular formula is C26H28ClF3N4O3S. The molecule has 204 valence electrons. The van der Waals surface area contributed by atoms with Crippen LogP contribution in [0.5, 0.6) is 0 Å². The van der Waals surface area contributed by atoms with E-state index in [0.29, 0.717) is 13.1 Å². The number of nitriles is 1. The predicted molar refractivity (Wildman–Crippen MR) is 139 cm³/mol. The van der Waals surface area contributed by atoms with Gasteiger partial charge in [-0.15, -0.1) is 0 Å². The third kappa shape index (κ3) is 7.12. The van der Waals surface area contributed by atoms with Crippen LogP contribution in [0.4, 0.5) is 13.2 Å². The second-order valence-corrected chi connectivity index (χ2v) is 11.7. The fourth-order valence-corrected chi connectivity index (χ4v) is 5.85. The zero-order valence-electron chi connectivity index (χ0n) is 21.0. The van der Waals surface area contributed by atoms with Gasteiger partial charge in [0.15, 0.2) is 9.84 Å². The number of likely N-dealkylation sites (tertiary alicyclic amines) is 1. The van der Waals surface area contributed by atoms with Crippen molar-refractivity contribution in [2.75, 3.05) is 25.9 Å². The molecule has 1 aliphatic heterocycles. The highest BCUT2D eigenvalue weighted by molar-refractivity contribution is 7.91. The number of amides is 1. The Bertz CT molecular complexity index is 1370. The third-order valence-corrected chi connectivity index (χ3v) is 8.46. The molecule has 1 aliphatic rings. The molecule has 0 aliphatic carbocycles. The van der Waals surface area contributed by atoms with Crippen LogP contribution >= 0.6 is 11.6 Å². The first kappa shape index (κ1) is 29.6. The smallest absolute Gasteiger partial charge is 0.348 e. The molecule has 1 N–H and O–H groups in total. The number of sulfone groups is 1. The van der Waals surface area contributed by atoms with E-state index >= 15 is 0 Å². The number of hydrogen-bond acceptors (Lipinski definition) is 6. The van der Waals surface area contributed by atoms with Gasteiger partial charge in [0.25, 0.3) is 5.91 Å². The number of nitrogens with one attached hydrogen (secondary N) is 1. The average Bonchev–Trinajstić information content (AvgIpc) is 2.87. The van der Waals surface area contributed by atoms with Crippen molar-refractivity contribution < 1.29 is 26.4 Å². The van der Waals surface area contributed by atoms with Gasteiger partial charge >= 0.3 is 6.18 Å². The van der Waals surface area contributed by atoms with Crippen molar-refractivity contribution in [1.29, 1.82) is 5.26 Å². The van der Waals surface area contributed by atoms with E-state index in [1.54, 1.807) is 13.3 Å². The number of carbonyl (C=O) groups is 1. The molecule has 0 aromatic heterocycles. The minimum atomic E-state index is -4.80. The first-order chi connectivity index (χ1) is 17.9. The van der Waals surface area contributed by atoms with E-state index in [0.717, 1.165) is 25.0 Å². The van der Waals surface area contributed by atoms with E-state index in [1.807, 2.05) is 11.0 Å². The summed E-state index contributed by atoms with van der Waals surface area (Å²) in [5.74, 6) is -0.942. The molecule has 7 nitrogen and oxygen atoms in total. The van der Waals surface area contributed by atoms with Crippen molar-refractivity contribution in [3.63, 3.8) is 0 Å². The van der Waals surface area contributed by atoms with E-state index < -0.39 is 27.5 Å². The molecule has 0 radical (unpaired) electrons. The number of carbonyl (C=O) groups excluding carboxylic acids is 1. The molecular weight excluding hydrogens is 541 g/mol. The summed E-state index contributed by atoms with van der Waals surface area (Å²) in [6.07, 6.45) is -1.34. The molecule has 1 unspecified atom stereocenters. The third-order valence-electron chi connectivity index (χ3n) is 6.40. The molecule has 0 saturated carbocycles. The monoisotopic (exact) mass is 568 g/mol. The molecule has 1 amide bonds. The largest absolute Gasteiger partial charge is 0.416 e. The Balaban J connectivity index is 1.92. The van der Waals surface area contributed by atoms with Gasteiger partial charge in [0.1, 0.15) is 0 Å². The van der Waals surface area contributed by atoms with Gasteiger partial charge < -0.3 is 10.3 Å². The van der Waals surface area contributed by atoms with Gasteiger partial charge in [-0.25, -0.2) is 8.42 Å². The van der Waals surface area contributed by atoms with E-state index in [4.69, 9.17) is 11.6 Å². The van der Waals surface area contributed by atoms with Gasteiger partial charge in [-0.05, 0) is 60.8 Å². The van der Waals surface area contributed by atoms with Crippen molar-refractivity contribution in [3.05, 3.63) is 63.2 Å². The van der Waals surface area contributed by atoms with Gasteiger partial charge in [-0.3, -0.25) is 9.69 Å². The number of nitrogens with zero attached hydrogens (tertiary/aromatic N) is 3. The highest BCUT2D eigenvalue weighted by atomic mass is 35.5. The lowest BCUT2D eigenvalue weighted by Gasteiger charge is -2.32. The Hall–Kier alpha value is -2.94. The van der Waals surface area contributed by atoms with Crippen LogP contribution in [0.15, 0.2) is 40.2 Å². The average molecular weight is 569 g/mol. The summed E-state index contributed by atoms with van der Waals surface area (Å²) in [7, 11) is -1.99. The van der Waals surface area contributed by atoms with Crippen molar-refractivity contribution >= 4 is 33.6 Å². The van der Waals surface area contributed by atoms with Gasteiger partial charge in [0, 0.05) is 49.4 Å². The van der Waals surface area contributed by atoms with Crippen LogP contribution in [-0.2, 0) is 29.1 Å². The molecule has 1 atom stereocenters. The van der Waals surface area contributed by atoms with E-state index in [9.17, 15) is 31.6 Å². The fourth-order valence-electron chi connectivity index (χ4n) is 4.54. The molecule has 2 aromatic rings. The van der Waals surface area contributed by atoms with Crippen molar-refractivity contribution in [3.8, 4) is 6.07 Å². The van der Waals surface area contributed by atoms with Crippen molar-refractivity contribution in [1.82, 2.24) is 10.2 Å². The van der Waals surface area contributed by atoms with Crippen LogP contribution in [0.1, 0.15) is 52.4 Å². The number of aliphatic imine (C=N–C) groups is 1. The van der Waals surface area contributed by atoms with Gasteiger partial charge in [0.2, 0.25) is 0 Å². The molecule has 2 aromatic carbocycles. The quantitative estimate of drug-likeness (QED) is 0.458. The summed E-state index contributed by atoms with van der Waals surface area (Å²) in [6, 6.07) is 7.80. The van der Waals surface area contributed by atoms with Crippen LogP contribution in [0, 0.1) is 17.2 Å². The summed E-state index contributed by atoms with van der Waals surface area (Å²) in [4.78, 5) is 18.8. The minimum absolute atomic E-state index is 0.0262. The highest BCUT2D eigenvalue weighted by Crippen LogP contribution is 2.36. The summed E-state index contributed by atoms with van der Waals surface area (Å²) in [5.41, 5.74) is -1.62. The Morgan fingerprint density at radius 1 is 1.32 bits per heavy atom. The summed E-state index contributed by atoms with van der Waals surface area (Å²) in [6.45, 7) is 2.20. The van der Waals surface area contributed by atoms with Crippen LogP contribution in [0.3, 0.4) is 0 Å². The van der Waals surface area contributed by atoms with Crippen molar-refractivity contribution in [2.24, 2.45) is 10.9 Å². The zero-order valence-corrected chi connectivity index (χ0v) is 22.6. The van der Waals surface area contributed by atoms with Crippen molar-refractivity contribution in [2.45, 2.75) is 43.9 Å². The Kier molecular flexibility index (Phi) is 9.57. The lowest BCUT2D eigenvalue weighted by Crippen LogP contribution is -2.36. The number of hydrogen-bond donors (Lipinski definition) is 1. The number of halogens is 4. The Labute approximate surface area is 225 Å². The van der Waals surface area contributed by atoms with Crippen LogP contribution in [0.25, 0.3) is 0 Å². The lowest BCUT2D eigenvalue weighted by atomic mass is 9.94. The molecule has 38 heavy (non-hydrogen) atoms. The van der Waals surface area contributed by atoms with Crippen LogP contribution in [0.2, 0.25) is 5.02 Å². The van der Waals surface area contributed by atoms with E-state index in [2.05, 4.69) is 10.3 Å². The molecule has 1 heterocycles. The summed E-state index contributed by atoms with van der Waals surface area (Å²) < 4.78 is 67.2. The Morgan fingerprint density at radius 2 is 2.05 bits per heavy atom. The highest BCUT2D eigenvalue weighted by Gasteiger charge is 2.36. The lowest BCUT2D eigenvalue weighted by molar-refractivity contribution is -0.138. The topological polar surface area (TPSA) is 103 Å². The maximum absolute atomic E-state index is 14.1. The number of piperidine rings is 1. The molecule has 12 heteroatoms. The van der Waals surface area contributed by atoms with Gasteiger partial charge in [0.05, 0.1) is 27.8 Å². The molecule has 0 spiro atoms. The van der Waals surface area contributed by atoms with E-state index in [-0.39, 0.29) is 56.9 Å². The predicted octanol–water partition coefficient (Wildman–Crippen LogP) is 4.87. The Morgan fingerprint density at radius 3 is 2.68 bits per heavy atom. The zero-order chi connectivity index (χ0) is 28.1. The normalized spacial score (nSPS) is 16.9. The number of rotatable bonds is 8.